The van der Waals surface area contributed by atoms with Crippen molar-refractivity contribution in [1.82, 2.24) is 14.8 Å². The summed E-state index contributed by atoms with van der Waals surface area (Å²) < 4.78 is 6.78. The van der Waals surface area contributed by atoms with Crippen LogP contribution in [0.15, 0.2) is 42.0 Å². The molecule has 6 nitrogen and oxygen atoms in total. The molecular formula is C15H13N3O3S. The Morgan fingerprint density at radius 3 is 3.05 bits per heavy atom. The normalized spacial score (nSPS) is 10.6. The number of aromatic carboxylic acids is 1. The van der Waals surface area contributed by atoms with Gasteiger partial charge in [-0.25, -0.2) is 9.78 Å². The van der Waals surface area contributed by atoms with Gasteiger partial charge in [0, 0.05) is 17.1 Å². The Labute approximate surface area is 130 Å². The molecule has 0 aliphatic heterocycles. The zero-order chi connectivity index (χ0) is 15.5. The summed E-state index contributed by atoms with van der Waals surface area (Å²) in [6, 6.07) is 7.70. The average molecular weight is 315 g/mol. The Bertz CT molecular complexity index is 810. The van der Waals surface area contributed by atoms with E-state index >= 15 is 0 Å². The summed E-state index contributed by atoms with van der Waals surface area (Å²) in [7, 11) is 1.63. The molecule has 3 aromatic rings. The summed E-state index contributed by atoms with van der Waals surface area (Å²) in [5.41, 5.74) is 2.02. The van der Waals surface area contributed by atoms with Crippen LogP contribution in [0.4, 0.5) is 0 Å². The van der Waals surface area contributed by atoms with Crippen molar-refractivity contribution >= 4 is 17.3 Å². The Balaban J connectivity index is 1.79. The Morgan fingerprint density at radius 1 is 1.45 bits per heavy atom. The number of hydrogen-bond donors (Lipinski definition) is 1. The number of methoxy groups -OCH3 is 1. The molecule has 2 aromatic heterocycles. The van der Waals surface area contributed by atoms with Gasteiger partial charge < -0.3 is 9.84 Å². The predicted octanol–water partition coefficient (Wildman–Crippen LogP) is 2.76. The fourth-order valence-electron chi connectivity index (χ4n) is 2.00. The molecule has 0 fully saturated rings. The molecule has 0 spiro atoms. The van der Waals surface area contributed by atoms with E-state index in [0.29, 0.717) is 6.54 Å². The molecule has 3 rings (SSSR count). The van der Waals surface area contributed by atoms with Crippen LogP contribution < -0.4 is 4.74 Å². The maximum atomic E-state index is 10.8. The third-order valence-electron chi connectivity index (χ3n) is 3.09. The van der Waals surface area contributed by atoms with Crippen LogP contribution in [0, 0.1) is 0 Å². The van der Waals surface area contributed by atoms with Crippen LogP contribution in [0.1, 0.15) is 15.4 Å². The first-order valence-corrected chi connectivity index (χ1v) is 7.38. The number of carbonyl (C=O) groups is 1. The molecule has 0 atom stereocenters. The molecule has 0 unspecified atom stereocenters. The minimum atomic E-state index is -0.984. The Kier molecular flexibility index (Phi) is 3.88. The van der Waals surface area contributed by atoms with Gasteiger partial charge >= 0.3 is 5.97 Å². The summed E-state index contributed by atoms with van der Waals surface area (Å²) in [5.74, 6) is -0.201. The summed E-state index contributed by atoms with van der Waals surface area (Å²) in [6.07, 6.45) is 2.83. The Morgan fingerprint density at radius 2 is 2.32 bits per heavy atom. The second kappa shape index (κ2) is 5.98. The summed E-state index contributed by atoms with van der Waals surface area (Å²) in [6.45, 7) is 0.446. The van der Waals surface area contributed by atoms with Crippen LogP contribution >= 0.6 is 11.3 Å². The quantitative estimate of drug-likeness (QED) is 0.783. The first-order valence-electron chi connectivity index (χ1n) is 6.50. The molecule has 1 aromatic carbocycles. The topological polar surface area (TPSA) is 77.2 Å². The van der Waals surface area contributed by atoms with Gasteiger partial charge in [0.15, 0.2) is 0 Å². The van der Waals surface area contributed by atoms with Crippen LogP contribution in [-0.2, 0) is 6.54 Å². The van der Waals surface area contributed by atoms with Gasteiger partial charge in [-0.3, -0.25) is 4.68 Å². The van der Waals surface area contributed by atoms with E-state index in [9.17, 15) is 4.79 Å². The van der Waals surface area contributed by atoms with Crippen molar-refractivity contribution in [3.8, 4) is 17.0 Å². The largest absolute Gasteiger partial charge is 0.497 e. The van der Waals surface area contributed by atoms with Crippen LogP contribution in [0.2, 0.25) is 0 Å². The number of carboxylic acids is 1. The van der Waals surface area contributed by atoms with E-state index in [1.807, 2.05) is 29.6 Å². The molecule has 1 N–H and O–H groups in total. The highest BCUT2D eigenvalue weighted by atomic mass is 32.1. The molecule has 0 saturated heterocycles. The van der Waals surface area contributed by atoms with Crippen LogP contribution in [0.5, 0.6) is 5.75 Å². The third-order valence-corrected chi connectivity index (χ3v) is 3.93. The number of benzene rings is 1. The molecule has 0 aliphatic rings. The summed E-state index contributed by atoms with van der Waals surface area (Å²) in [5, 5.41) is 15.7. The van der Waals surface area contributed by atoms with Gasteiger partial charge in [0.05, 0.1) is 31.1 Å². The zero-order valence-electron chi connectivity index (χ0n) is 11.8. The third kappa shape index (κ3) is 2.99. The van der Waals surface area contributed by atoms with Crippen molar-refractivity contribution in [2.75, 3.05) is 7.11 Å². The van der Waals surface area contributed by atoms with Gasteiger partial charge in [-0.2, -0.15) is 5.10 Å². The fourth-order valence-corrected chi connectivity index (χ4v) is 2.79. The second-order valence-corrected chi connectivity index (χ2v) is 5.53. The molecule has 2 heterocycles. The van der Waals surface area contributed by atoms with E-state index in [2.05, 4.69) is 10.1 Å². The Hall–Kier alpha value is -2.67. The number of aromatic nitrogens is 3. The van der Waals surface area contributed by atoms with Gasteiger partial charge in [0.25, 0.3) is 0 Å². The molecule has 22 heavy (non-hydrogen) atoms. The van der Waals surface area contributed by atoms with E-state index in [4.69, 9.17) is 9.84 Å². The molecule has 0 amide bonds. The highest BCUT2D eigenvalue weighted by molar-refractivity contribution is 7.09. The number of carboxylic acid groups (broad SMARTS) is 1. The monoisotopic (exact) mass is 315 g/mol. The summed E-state index contributed by atoms with van der Waals surface area (Å²) in [4.78, 5) is 15.4. The number of nitrogens with zero attached hydrogens (tertiary/aromatic N) is 3. The molecule has 0 saturated carbocycles. The first-order chi connectivity index (χ1) is 10.7. The molecular weight excluding hydrogens is 302 g/mol. The van der Waals surface area contributed by atoms with E-state index in [0.717, 1.165) is 22.0 Å². The second-order valence-electron chi connectivity index (χ2n) is 4.59. The van der Waals surface area contributed by atoms with E-state index in [1.54, 1.807) is 11.8 Å². The number of ether oxygens (including phenoxy) is 1. The maximum absolute atomic E-state index is 10.8. The predicted molar refractivity (Wildman–Crippen MR) is 82.4 cm³/mol. The average Bonchev–Trinajstić information content (AvgIpc) is 3.17. The van der Waals surface area contributed by atoms with E-state index in [-0.39, 0.29) is 5.56 Å². The molecule has 7 heteroatoms. The van der Waals surface area contributed by atoms with Crippen LogP contribution in [-0.4, -0.2) is 33.0 Å². The number of hydrogen-bond acceptors (Lipinski definition) is 5. The van der Waals surface area contributed by atoms with Crippen molar-refractivity contribution in [3.05, 3.63) is 52.6 Å². The highest BCUT2D eigenvalue weighted by Crippen LogP contribution is 2.25. The van der Waals surface area contributed by atoms with Crippen molar-refractivity contribution in [2.24, 2.45) is 0 Å². The number of rotatable bonds is 5. The lowest BCUT2D eigenvalue weighted by Gasteiger charge is -2.01. The van der Waals surface area contributed by atoms with Crippen molar-refractivity contribution in [3.63, 3.8) is 0 Å². The fraction of sp³-hybridized carbons (Fsp3) is 0.133. The van der Waals surface area contributed by atoms with E-state index in [1.165, 1.54) is 23.7 Å². The van der Waals surface area contributed by atoms with Gasteiger partial charge in [-0.05, 0) is 12.1 Å². The zero-order valence-corrected chi connectivity index (χ0v) is 12.6. The van der Waals surface area contributed by atoms with Crippen molar-refractivity contribution < 1.29 is 14.6 Å². The van der Waals surface area contributed by atoms with E-state index < -0.39 is 5.97 Å². The molecule has 0 aliphatic carbocycles. The summed E-state index contributed by atoms with van der Waals surface area (Å²) >= 11 is 1.51. The van der Waals surface area contributed by atoms with Crippen LogP contribution in [0.25, 0.3) is 11.3 Å². The minimum Gasteiger partial charge on any atom is -0.497 e. The van der Waals surface area contributed by atoms with Gasteiger partial charge in [0.2, 0.25) is 0 Å². The SMILES string of the molecule is COc1cccc(-c2csc(Cn3cc(C(=O)O)cn3)n2)c1. The first kappa shape index (κ1) is 14.3. The lowest BCUT2D eigenvalue weighted by Crippen LogP contribution is -2.00. The standard InChI is InChI=1S/C15H13N3O3S/c1-21-12-4-2-3-10(5-12)13-9-22-14(17-13)8-18-7-11(6-16-18)15(19)20/h2-7,9H,8H2,1H3,(H,19,20). The lowest BCUT2D eigenvalue weighted by molar-refractivity contribution is 0.0697. The van der Waals surface area contributed by atoms with Crippen molar-refractivity contribution in [1.29, 1.82) is 0 Å². The smallest absolute Gasteiger partial charge is 0.338 e. The number of thiazole rings is 1. The van der Waals surface area contributed by atoms with Gasteiger partial charge in [-0.1, -0.05) is 12.1 Å². The minimum absolute atomic E-state index is 0.171. The molecule has 0 radical (unpaired) electrons. The van der Waals surface area contributed by atoms with Crippen molar-refractivity contribution in [2.45, 2.75) is 6.54 Å². The van der Waals surface area contributed by atoms with Crippen LogP contribution in [0.3, 0.4) is 0 Å². The van der Waals surface area contributed by atoms with Gasteiger partial charge in [0.1, 0.15) is 10.8 Å². The lowest BCUT2D eigenvalue weighted by atomic mass is 10.2. The maximum Gasteiger partial charge on any atom is 0.338 e. The highest BCUT2D eigenvalue weighted by Gasteiger charge is 2.09. The molecule has 0 bridgehead atoms. The molecule has 112 valence electrons. The van der Waals surface area contributed by atoms with Gasteiger partial charge in [-0.15, -0.1) is 11.3 Å².